The van der Waals surface area contributed by atoms with Gasteiger partial charge in [-0.1, -0.05) is 46.5 Å². The molecule has 0 unspecified atom stereocenters. The summed E-state index contributed by atoms with van der Waals surface area (Å²) in [6.07, 6.45) is 0. The second kappa shape index (κ2) is 8.52. The van der Waals surface area contributed by atoms with Crippen molar-refractivity contribution in [1.82, 2.24) is 9.80 Å². The summed E-state index contributed by atoms with van der Waals surface area (Å²) in [6.45, 7) is 4.38. The van der Waals surface area contributed by atoms with Gasteiger partial charge in [0.25, 0.3) is 5.91 Å². The van der Waals surface area contributed by atoms with E-state index < -0.39 is 12.6 Å². The van der Waals surface area contributed by atoms with Crippen LogP contribution in [0.15, 0.2) is 36.4 Å². The summed E-state index contributed by atoms with van der Waals surface area (Å²) in [6, 6.07) is 10.5. The smallest absolute Gasteiger partial charge is 0.254 e. The van der Waals surface area contributed by atoms with Crippen LogP contribution < -0.4 is 0 Å². The lowest BCUT2D eigenvalue weighted by molar-refractivity contribution is -0.139. The zero-order valence-corrected chi connectivity index (χ0v) is 17.3. The molecule has 1 aliphatic heterocycles. The Morgan fingerprint density at radius 3 is 2.32 bits per heavy atom. The fourth-order valence-corrected chi connectivity index (χ4v) is 3.95. The number of piperazine rings is 1. The molecule has 2 aromatic rings. The standard InChI is InChI=1S/C21H22Cl2N2O3/c1-13-7-14(2)9-16(8-13)21(28)24-5-6-25(20(27)12-26)19(11-24)15-3-4-17(22)18(23)10-15/h3-4,7-10,19,26H,5-6,11-12H2,1-2H3/t19-/m0/s1. The van der Waals surface area contributed by atoms with Crippen LogP contribution in [0.25, 0.3) is 0 Å². The minimum atomic E-state index is -0.581. The Morgan fingerprint density at radius 1 is 1.04 bits per heavy atom. The Bertz CT molecular complexity index is 896. The molecule has 0 saturated carbocycles. The summed E-state index contributed by atoms with van der Waals surface area (Å²) in [4.78, 5) is 28.7. The molecule has 1 saturated heterocycles. The Balaban J connectivity index is 1.91. The second-order valence-electron chi connectivity index (χ2n) is 7.06. The lowest BCUT2D eigenvalue weighted by Gasteiger charge is -2.41. The van der Waals surface area contributed by atoms with Crippen molar-refractivity contribution in [1.29, 1.82) is 0 Å². The van der Waals surface area contributed by atoms with Crippen LogP contribution in [-0.2, 0) is 4.79 Å². The maximum atomic E-state index is 13.1. The normalized spacial score (nSPS) is 17.0. The second-order valence-corrected chi connectivity index (χ2v) is 7.88. The first kappa shape index (κ1) is 20.6. The van der Waals surface area contributed by atoms with Crippen LogP contribution in [0.4, 0.5) is 0 Å². The van der Waals surface area contributed by atoms with Crippen LogP contribution in [0.5, 0.6) is 0 Å². The van der Waals surface area contributed by atoms with Gasteiger partial charge in [0, 0.05) is 25.2 Å². The highest BCUT2D eigenvalue weighted by Crippen LogP contribution is 2.31. The van der Waals surface area contributed by atoms with Gasteiger partial charge in [0.1, 0.15) is 6.61 Å². The number of aryl methyl sites for hydroxylation is 2. The van der Waals surface area contributed by atoms with Gasteiger partial charge in [-0.05, 0) is 43.7 Å². The molecule has 3 rings (SSSR count). The van der Waals surface area contributed by atoms with Crippen molar-refractivity contribution in [2.24, 2.45) is 0 Å². The lowest BCUT2D eigenvalue weighted by atomic mass is 10.0. The largest absolute Gasteiger partial charge is 0.387 e. The monoisotopic (exact) mass is 420 g/mol. The average Bonchev–Trinajstić information content (AvgIpc) is 2.67. The van der Waals surface area contributed by atoms with Crippen molar-refractivity contribution in [2.75, 3.05) is 26.2 Å². The first-order chi connectivity index (χ1) is 13.3. The number of amides is 2. The van der Waals surface area contributed by atoms with E-state index in [0.717, 1.165) is 16.7 Å². The first-order valence-corrected chi connectivity index (χ1v) is 9.78. The van der Waals surface area contributed by atoms with E-state index in [2.05, 4.69) is 0 Å². The number of carbonyl (C=O) groups excluding carboxylic acids is 2. The summed E-state index contributed by atoms with van der Waals surface area (Å²) >= 11 is 12.2. The van der Waals surface area contributed by atoms with Crippen LogP contribution in [0.2, 0.25) is 10.0 Å². The highest BCUT2D eigenvalue weighted by atomic mass is 35.5. The Kier molecular flexibility index (Phi) is 6.28. The molecule has 1 atom stereocenters. The summed E-state index contributed by atoms with van der Waals surface area (Å²) in [5.74, 6) is -0.456. The molecule has 1 fully saturated rings. The number of rotatable bonds is 3. The molecule has 1 N–H and O–H groups in total. The Morgan fingerprint density at radius 2 is 1.71 bits per heavy atom. The molecule has 5 nitrogen and oxygen atoms in total. The molecule has 0 spiro atoms. The molecule has 1 heterocycles. The number of aliphatic hydroxyl groups excluding tert-OH is 1. The molecule has 2 aromatic carbocycles. The van der Waals surface area contributed by atoms with Crippen LogP contribution in [0.1, 0.15) is 33.1 Å². The maximum Gasteiger partial charge on any atom is 0.254 e. The van der Waals surface area contributed by atoms with Crippen molar-refractivity contribution in [2.45, 2.75) is 19.9 Å². The van der Waals surface area contributed by atoms with Gasteiger partial charge in [-0.15, -0.1) is 0 Å². The fraction of sp³-hybridized carbons (Fsp3) is 0.333. The van der Waals surface area contributed by atoms with Crippen molar-refractivity contribution in [3.05, 3.63) is 68.7 Å². The van der Waals surface area contributed by atoms with E-state index in [9.17, 15) is 14.7 Å². The van der Waals surface area contributed by atoms with Crippen LogP contribution >= 0.6 is 23.2 Å². The highest BCUT2D eigenvalue weighted by Gasteiger charge is 2.33. The van der Waals surface area contributed by atoms with E-state index in [4.69, 9.17) is 23.2 Å². The third kappa shape index (κ3) is 4.32. The topological polar surface area (TPSA) is 60.9 Å². The number of hydrogen-bond donors (Lipinski definition) is 1. The third-order valence-electron chi connectivity index (χ3n) is 4.92. The van der Waals surface area contributed by atoms with E-state index >= 15 is 0 Å². The molecular formula is C21H22Cl2N2O3. The fourth-order valence-electron chi connectivity index (χ4n) is 3.64. The van der Waals surface area contributed by atoms with Gasteiger partial charge in [-0.3, -0.25) is 9.59 Å². The van der Waals surface area contributed by atoms with E-state index in [1.54, 1.807) is 28.0 Å². The molecule has 2 amide bonds. The van der Waals surface area contributed by atoms with Gasteiger partial charge in [-0.25, -0.2) is 0 Å². The number of halogens is 2. The minimum absolute atomic E-state index is 0.0760. The predicted octanol–water partition coefficient (Wildman–Crippen LogP) is 3.63. The number of hydrogen-bond acceptors (Lipinski definition) is 3. The molecule has 148 valence electrons. The Hall–Kier alpha value is -2.08. The van der Waals surface area contributed by atoms with E-state index in [-0.39, 0.29) is 11.8 Å². The van der Waals surface area contributed by atoms with Gasteiger partial charge < -0.3 is 14.9 Å². The van der Waals surface area contributed by atoms with Crippen molar-refractivity contribution < 1.29 is 14.7 Å². The SMILES string of the molecule is Cc1cc(C)cc(C(=O)N2CCN(C(=O)CO)[C@H](c3ccc(Cl)c(Cl)c3)C2)c1. The van der Waals surface area contributed by atoms with E-state index in [1.807, 2.05) is 32.0 Å². The van der Waals surface area contributed by atoms with Gasteiger partial charge in [0.05, 0.1) is 16.1 Å². The molecule has 0 radical (unpaired) electrons. The van der Waals surface area contributed by atoms with Gasteiger partial charge >= 0.3 is 0 Å². The van der Waals surface area contributed by atoms with Crippen molar-refractivity contribution >= 4 is 35.0 Å². The number of nitrogens with zero attached hydrogens (tertiary/aromatic N) is 2. The summed E-state index contributed by atoms with van der Waals surface area (Å²) in [5, 5.41) is 10.1. The summed E-state index contributed by atoms with van der Waals surface area (Å²) < 4.78 is 0. The maximum absolute atomic E-state index is 13.1. The van der Waals surface area contributed by atoms with Crippen LogP contribution in [0, 0.1) is 13.8 Å². The van der Waals surface area contributed by atoms with Crippen LogP contribution in [-0.4, -0.2) is 53.0 Å². The number of aliphatic hydroxyl groups is 1. The van der Waals surface area contributed by atoms with E-state index in [1.165, 1.54) is 0 Å². The molecule has 28 heavy (non-hydrogen) atoms. The zero-order chi connectivity index (χ0) is 20.4. The summed E-state index contributed by atoms with van der Waals surface area (Å²) in [7, 11) is 0. The van der Waals surface area contributed by atoms with Gasteiger partial charge in [-0.2, -0.15) is 0 Å². The summed E-state index contributed by atoms with van der Waals surface area (Å²) in [5.41, 5.74) is 3.46. The number of carbonyl (C=O) groups is 2. The Labute approximate surface area is 174 Å². The molecule has 7 heteroatoms. The molecule has 0 bridgehead atoms. The van der Waals surface area contributed by atoms with Crippen molar-refractivity contribution in [3.63, 3.8) is 0 Å². The quantitative estimate of drug-likeness (QED) is 0.824. The highest BCUT2D eigenvalue weighted by molar-refractivity contribution is 6.42. The molecule has 0 aliphatic carbocycles. The third-order valence-corrected chi connectivity index (χ3v) is 5.66. The number of benzene rings is 2. The van der Waals surface area contributed by atoms with Crippen molar-refractivity contribution in [3.8, 4) is 0 Å². The average molecular weight is 421 g/mol. The van der Waals surface area contributed by atoms with E-state index in [0.29, 0.717) is 35.2 Å². The minimum Gasteiger partial charge on any atom is -0.387 e. The van der Waals surface area contributed by atoms with Gasteiger partial charge in [0.2, 0.25) is 5.91 Å². The molecule has 1 aliphatic rings. The van der Waals surface area contributed by atoms with Crippen LogP contribution in [0.3, 0.4) is 0 Å². The predicted molar refractivity (Wildman–Crippen MR) is 110 cm³/mol. The molecule has 0 aromatic heterocycles. The molecular weight excluding hydrogens is 399 g/mol. The zero-order valence-electron chi connectivity index (χ0n) is 15.8. The lowest BCUT2D eigenvalue weighted by Crippen LogP contribution is -2.53. The van der Waals surface area contributed by atoms with Gasteiger partial charge in [0.15, 0.2) is 0 Å². The first-order valence-electron chi connectivity index (χ1n) is 9.03.